The Morgan fingerprint density at radius 1 is 1.31 bits per heavy atom. The number of aromatic nitrogens is 2. The van der Waals surface area contributed by atoms with Crippen LogP contribution in [0.4, 0.5) is 0 Å². The van der Waals surface area contributed by atoms with Gasteiger partial charge in [-0.2, -0.15) is 0 Å². The maximum absolute atomic E-state index is 12.7. The summed E-state index contributed by atoms with van der Waals surface area (Å²) in [7, 11) is 0. The lowest BCUT2D eigenvalue weighted by Crippen LogP contribution is -2.46. The Morgan fingerprint density at radius 2 is 2.08 bits per heavy atom. The van der Waals surface area contributed by atoms with Crippen molar-refractivity contribution in [1.29, 1.82) is 0 Å². The number of ketones is 1. The monoisotopic (exact) mass is 343 g/mol. The van der Waals surface area contributed by atoms with Crippen LogP contribution in [-0.4, -0.2) is 15.8 Å². The van der Waals surface area contributed by atoms with E-state index in [1.165, 1.54) is 0 Å². The predicted molar refractivity (Wildman–Crippen MR) is 100 cm³/mol. The van der Waals surface area contributed by atoms with Gasteiger partial charge in [0.25, 0.3) is 0 Å². The van der Waals surface area contributed by atoms with Gasteiger partial charge in [-0.25, -0.2) is 14.8 Å². The fourth-order valence-corrected chi connectivity index (χ4v) is 4.65. The van der Waals surface area contributed by atoms with E-state index in [0.717, 1.165) is 36.1 Å². The SMILES string of the molecule is [C-]#[N+]C1=C[C@]2(C)c3nc(-c4ccccc4)ncc3CC[C@H]2[C@H](CC)C1=O. The largest absolute Gasteiger partial charge is 0.308 e. The van der Waals surface area contributed by atoms with Crippen molar-refractivity contribution in [2.45, 2.75) is 38.5 Å². The number of Topliss-reactive ketones (excluding diaryl/α,β-unsaturated/α-hetero) is 1. The van der Waals surface area contributed by atoms with Crippen LogP contribution in [0, 0.1) is 18.4 Å². The molecule has 0 spiro atoms. The molecule has 26 heavy (non-hydrogen) atoms. The van der Waals surface area contributed by atoms with Gasteiger partial charge in [0, 0.05) is 23.1 Å². The molecule has 0 saturated carbocycles. The van der Waals surface area contributed by atoms with Crippen molar-refractivity contribution in [1.82, 2.24) is 9.97 Å². The number of benzene rings is 1. The van der Waals surface area contributed by atoms with Crippen molar-refractivity contribution < 1.29 is 4.79 Å². The number of aryl methyl sites for hydroxylation is 1. The third-order valence-electron chi connectivity index (χ3n) is 5.97. The van der Waals surface area contributed by atoms with E-state index in [0.29, 0.717) is 5.82 Å². The Kier molecular flexibility index (Phi) is 3.96. The van der Waals surface area contributed by atoms with E-state index in [2.05, 4.69) is 16.8 Å². The molecule has 0 aliphatic heterocycles. The van der Waals surface area contributed by atoms with Crippen molar-refractivity contribution >= 4 is 5.78 Å². The average molecular weight is 343 g/mol. The molecule has 130 valence electrons. The molecule has 1 aromatic heterocycles. The van der Waals surface area contributed by atoms with Gasteiger partial charge < -0.3 is 4.79 Å². The van der Waals surface area contributed by atoms with Crippen LogP contribution in [0.5, 0.6) is 0 Å². The van der Waals surface area contributed by atoms with Gasteiger partial charge in [-0.05, 0) is 30.7 Å². The summed E-state index contributed by atoms with van der Waals surface area (Å²) in [5, 5.41) is 0. The maximum atomic E-state index is 12.7. The molecule has 4 rings (SSSR count). The van der Waals surface area contributed by atoms with Gasteiger partial charge >= 0.3 is 0 Å². The molecular weight excluding hydrogens is 322 g/mol. The van der Waals surface area contributed by atoms with Gasteiger partial charge in [0.15, 0.2) is 11.6 Å². The molecule has 1 aromatic carbocycles. The fourth-order valence-electron chi connectivity index (χ4n) is 4.65. The lowest BCUT2D eigenvalue weighted by molar-refractivity contribution is -0.122. The molecule has 0 N–H and O–H groups in total. The number of fused-ring (bicyclic) bond motifs is 3. The Balaban J connectivity index is 1.90. The first-order valence-corrected chi connectivity index (χ1v) is 9.14. The highest BCUT2D eigenvalue weighted by molar-refractivity contribution is 6.00. The summed E-state index contributed by atoms with van der Waals surface area (Å²) in [6.45, 7) is 11.6. The normalized spacial score (nSPS) is 27.1. The summed E-state index contributed by atoms with van der Waals surface area (Å²) < 4.78 is 0. The van der Waals surface area contributed by atoms with Crippen LogP contribution in [0.15, 0.2) is 48.3 Å². The minimum absolute atomic E-state index is 0.00534. The quantitative estimate of drug-likeness (QED) is 0.761. The number of carbonyl (C=O) groups excluding carboxylic acids is 1. The van der Waals surface area contributed by atoms with E-state index in [4.69, 9.17) is 11.6 Å². The molecular formula is C22H21N3O. The summed E-state index contributed by atoms with van der Waals surface area (Å²) in [4.78, 5) is 25.7. The van der Waals surface area contributed by atoms with E-state index in [1.54, 1.807) is 0 Å². The van der Waals surface area contributed by atoms with E-state index in [-0.39, 0.29) is 23.3 Å². The zero-order valence-electron chi connectivity index (χ0n) is 15.1. The van der Waals surface area contributed by atoms with Gasteiger partial charge in [-0.1, -0.05) is 50.3 Å². The van der Waals surface area contributed by atoms with Crippen LogP contribution in [-0.2, 0) is 16.6 Å². The number of carbonyl (C=O) groups is 1. The first-order valence-electron chi connectivity index (χ1n) is 9.14. The highest BCUT2D eigenvalue weighted by atomic mass is 16.1. The predicted octanol–water partition coefficient (Wildman–Crippen LogP) is 4.38. The Morgan fingerprint density at radius 3 is 2.77 bits per heavy atom. The van der Waals surface area contributed by atoms with Crippen LogP contribution in [0.3, 0.4) is 0 Å². The van der Waals surface area contributed by atoms with Gasteiger partial charge in [0.1, 0.15) is 0 Å². The van der Waals surface area contributed by atoms with Crippen LogP contribution in [0.2, 0.25) is 0 Å². The Bertz CT molecular complexity index is 942. The van der Waals surface area contributed by atoms with Gasteiger partial charge in [-0.3, -0.25) is 0 Å². The van der Waals surface area contributed by atoms with Gasteiger partial charge in [0.05, 0.1) is 12.3 Å². The van der Waals surface area contributed by atoms with E-state index in [1.807, 2.05) is 49.5 Å². The van der Waals surface area contributed by atoms with E-state index < -0.39 is 5.41 Å². The van der Waals surface area contributed by atoms with Crippen LogP contribution >= 0.6 is 0 Å². The van der Waals surface area contributed by atoms with Crippen molar-refractivity contribution in [3.05, 3.63) is 71.0 Å². The van der Waals surface area contributed by atoms with E-state index in [9.17, 15) is 4.79 Å². The molecule has 0 amide bonds. The highest BCUT2D eigenvalue weighted by Gasteiger charge is 2.49. The highest BCUT2D eigenvalue weighted by Crippen LogP contribution is 2.50. The molecule has 0 radical (unpaired) electrons. The molecule has 4 nitrogen and oxygen atoms in total. The standard InChI is InChI=1S/C22H21N3O/c1-4-16-17-11-10-15-13-24-21(14-8-6-5-7-9-14)25-20(15)22(17,2)12-18(23-3)19(16)26/h5-9,12-13,16-17H,4,10-11H2,1-2H3/t16-,17-,22-/m0/s1. The molecule has 2 aliphatic rings. The summed E-state index contributed by atoms with van der Waals surface area (Å²) in [5.41, 5.74) is 2.97. The molecule has 4 heteroatoms. The second kappa shape index (κ2) is 6.17. The first-order chi connectivity index (χ1) is 12.6. The minimum Gasteiger partial charge on any atom is -0.308 e. The second-order valence-corrected chi connectivity index (χ2v) is 7.38. The van der Waals surface area contributed by atoms with Gasteiger partial charge in [-0.15, -0.1) is 0 Å². The third-order valence-corrected chi connectivity index (χ3v) is 5.97. The number of nitrogens with zero attached hydrogens (tertiary/aromatic N) is 3. The van der Waals surface area contributed by atoms with Gasteiger partial charge in [0.2, 0.25) is 5.70 Å². The topological polar surface area (TPSA) is 47.2 Å². The summed E-state index contributed by atoms with van der Waals surface area (Å²) in [6, 6.07) is 9.94. The molecule has 3 atom stereocenters. The van der Waals surface area contributed by atoms with Crippen LogP contribution < -0.4 is 0 Å². The van der Waals surface area contributed by atoms with Crippen molar-refractivity contribution in [2.24, 2.45) is 11.8 Å². The molecule has 2 aliphatic carbocycles. The summed E-state index contributed by atoms with van der Waals surface area (Å²) >= 11 is 0. The number of allylic oxidation sites excluding steroid dienone is 2. The zero-order valence-corrected chi connectivity index (χ0v) is 15.1. The minimum atomic E-state index is -0.394. The molecule has 1 heterocycles. The lowest BCUT2D eigenvalue weighted by Gasteiger charge is -2.46. The Labute approximate surface area is 153 Å². The van der Waals surface area contributed by atoms with Crippen LogP contribution in [0.25, 0.3) is 16.2 Å². The zero-order chi connectivity index (χ0) is 18.3. The van der Waals surface area contributed by atoms with Crippen molar-refractivity contribution in [3.63, 3.8) is 0 Å². The molecule has 0 fully saturated rings. The third kappa shape index (κ3) is 2.39. The number of rotatable bonds is 2. The maximum Gasteiger partial charge on any atom is 0.226 e. The average Bonchev–Trinajstić information content (AvgIpc) is 2.68. The van der Waals surface area contributed by atoms with Crippen molar-refractivity contribution in [3.8, 4) is 11.4 Å². The number of hydrogen-bond donors (Lipinski definition) is 0. The Hall–Kier alpha value is -2.80. The van der Waals surface area contributed by atoms with Crippen LogP contribution in [0.1, 0.15) is 37.9 Å². The summed E-state index contributed by atoms with van der Waals surface area (Å²) in [6.07, 6.45) is 6.38. The van der Waals surface area contributed by atoms with Crippen molar-refractivity contribution in [2.75, 3.05) is 0 Å². The molecule has 2 aromatic rings. The lowest BCUT2D eigenvalue weighted by atomic mass is 9.57. The second-order valence-electron chi connectivity index (χ2n) is 7.38. The fraction of sp³-hybridized carbons (Fsp3) is 0.364. The van der Waals surface area contributed by atoms with E-state index >= 15 is 0 Å². The number of hydrogen-bond acceptors (Lipinski definition) is 3. The first kappa shape index (κ1) is 16.7. The molecule has 0 bridgehead atoms. The summed E-state index contributed by atoms with van der Waals surface area (Å²) in [5.74, 6) is 0.800. The smallest absolute Gasteiger partial charge is 0.226 e. The molecule has 0 saturated heterocycles. The molecule has 0 unspecified atom stereocenters.